The van der Waals surface area contributed by atoms with Crippen molar-refractivity contribution in [1.82, 2.24) is 4.98 Å². The highest BCUT2D eigenvalue weighted by Gasteiger charge is 2.27. The van der Waals surface area contributed by atoms with E-state index in [0.29, 0.717) is 11.3 Å². The third-order valence-corrected chi connectivity index (χ3v) is 1.72. The van der Waals surface area contributed by atoms with E-state index >= 15 is 0 Å². The molecule has 0 saturated carbocycles. The van der Waals surface area contributed by atoms with Crippen LogP contribution in [0.2, 0.25) is 0 Å². The van der Waals surface area contributed by atoms with Crippen LogP contribution in [0.4, 0.5) is 0 Å². The summed E-state index contributed by atoms with van der Waals surface area (Å²) in [6.07, 6.45) is 2.82. The molecule has 3 heteroatoms. The summed E-state index contributed by atoms with van der Waals surface area (Å²) in [5.41, 5.74) is 0.646. The second kappa shape index (κ2) is 2.05. The summed E-state index contributed by atoms with van der Waals surface area (Å²) in [6.45, 7) is 1.74. The minimum Gasteiger partial charge on any atom is -0.480 e. The smallest absolute Gasteiger partial charge is 0.206 e. The van der Waals surface area contributed by atoms with Crippen LogP contribution in [0.5, 0.6) is 5.75 Å². The molecule has 0 spiro atoms. The number of Topliss-reactive ketones (excluding diaryl/α,β-unsaturated/α-hetero) is 1. The summed E-state index contributed by atoms with van der Waals surface area (Å²) in [5.74, 6) is 0.646. The van der Waals surface area contributed by atoms with Crippen LogP contribution in [0, 0.1) is 0 Å². The lowest BCUT2D eigenvalue weighted by Crippen LogP contribution is -2.14. The molecule has 0 fully saturated rings. The lowest BCUT2D eigenvalue weighted by Gasteiger charge is -1.98. The summed E-state index contributed by atoms with van der Waals surface area (Å²) >= 11 is 0. The van der Waals surface area contributed by atoms with Gasteiger partial charge in [-0.25, -0.2) is 0 Å². The van der Waals surface area contributed by atoms with Gasteiger partial charge in [0.25, 0.3) is 0 Å². The Morgan fingerprint density at radius 2 is 2.45 bits per heavy atom. The molecule has 1 atom stereocenters. The van der Waals surface area contributed by atoms with E-state index in [1.54, 1.807) is 25.4 Å². The Morgan fingerprint density at radius 1 is 1.64 bits per heavy atom. The maximum absolute atomic E-state index is 11.2. The molecule has 0 unspecified atom stereocenters. The molecular formula is C8H7NO2. The third-order valence-electron chi connectivity index (χ3n) is 1.72. The highest BCUT2D eigenvalue weighted by Crippen LogP contribution is 2.26. The lowest BCUT2D eigenvalue weighted by atomic mass is 10.1. The number of rotatable bonds is 0. The fourth-order valence-electron chi connectivity index (χ4n) is 1.14. The van der Waals surface area contributed by atoms with Crippen LogP contribution < -0.4 is 4.74 Å². The first-order valence-corrected chi connectivity index (χ1v) is 3.44. The summed E-state index contributed by atoms with van der Waals surface area (Å²) < 4.78 is 5.21. The fourth-order valence-corrected chi connectivity index (χ4v) is 1.14. The quantitative estimate of drug-likeness (QED) is 0.553. The number of fused-ring (bicyclic) bond motifs is 1. The molecule has 1 aliphatic rings. The van der Waals surface area contributed by atoms with Crippen LogP contribution in [0.15, 0.2) is 18.5 Å². The Bertz CT molecular complexity index is 309. The van der Waals surface area contributed by atoms with Crippen molar-refractivity contribution in [3.8, 4) is 5.75 Å². The van der Waals surface area contributed by atoms with Crippen LogP contribution in [0.3, 0.4) is 0 Å². The monoisotopic (exact) mass is 149 g/mol. The molecule has 56 valence electrons. The van der Waals surface area contributed by atoms with E-state index in [9.17, 15) is 4.79 Å². The van der Waals surface area contributed by atoms with Gasteiger partial charge in [0.05, 0.1) is 11.8 Å². The summed E-state index contributed by atoms with van der Waals surface area (Å²) in [6, 6.07) is 1.68. The molecule has 0 radical (unpaired) electrons. The van der Waals surface area contributed by atoms with E-state index < -0.39 is 0 Å². The molecule has 11 heavy (non-hydrogen) atoms. The van der Waals surface area contributed by atoms with E-state index in [1.165, 1.54) is 0 Å². The number of pyridine rings is 1. The van der Waals surface area contributed by atoms with Crippen molar-refractivity contribution in [3.05, 3.63) is 24.0 Å². The Morgan fingerprint density at radius 3 is 3.18 bits per heavy atom. The molecule has 1 aromatic rings. The number of aromatic nitrogens is 1. The Labute approximate surface area is 64.0 Å². The van der Waals surface area contributed by atoms with Gasteiger partial charge in [0.15, 0.2) is 6.10 Å². The standard InChI is InChI=1S/C8H7NO2/c1-5-8(10)6-2-3-9-4-7(6)11-5/h2-5H,1H3/t5-/m0/s1. The summed E-state index contributed by atoms with van der Waals surface area (Å²) in [5, 5.41) is 0. The second-order valence-electron chi connectivity index (χ2n) is 2.50. The van der Waals surface area contributed by atoms with Gasteiger partial charge in [-0.05, 0) is 13.0 Å². The normalized spacial score (nSPS) is 21.2. The molecule has 0 bridgehead atoms. The first-order valence-electron chi connectivity index (χ1n) is 3.44. The molecule has 0 aromatic carbocycles. The van der Waals surface area contributed by atoms with Crippen molar-refractivity contribution in [2.45, 2.75) is 13.0 Å². The van der Waals surface area contributed by atoms with Crippen LogP contribution in [-0.4, -0.2) is 16.9 Å². The van der Waals surface area contributed by atoms with Gasteiger partial charge < -0.3 is 4.74 Å². The Kier molecular flexibility index (Phi) is 1.18. The maximum atomic E-state index is 11.2. The minimum absolute atomic E-state index is 0.0439. The molecule has 1 aliphatic heterocycles. The van der Waals surface area contributed by atoms with Crippen molar-refractivity contribution < 1.29 is 9.53 Å². The SMILES string of the molecule is C[C@@H]1Oc2cnccc2C1=O. The average Bonchev–Trinajstić information content (AvgIpc) is 2.30. The van der Waals surface area contributed by atoms with Crippen molar-refractivity contribution in [3.63, 3.8) is 0 Å². The molecule has 2 rings (SSSR count). The summed E-state index contributed by atoms with van der Waals surface area (Å²) in [4.78, 5) is 15.1. The maximum Gasteiger partial charge on any atom is 0.206 e. The van der Waals surface area contributed by atoms with Crippen molar-refractivity contribution in [2.75, 3.05) is 0 Å². The number of ketones is 1. The molecule has 0 aliphatic carbocycles. The van der Waals surface area contributed by atoms with Crippen molar-refractivity contribution >= 4 is 5.78 Å². The highest BCUT2D eigenvalue weighted by atomic mass is 16.5. The molecule has 1 aromatic heterocycles. The predicted octanol–water partition coefficient (Wildman–Crippen LogP) is 1.05. The predicted molar refractivity (Wildman–Crippen MR) is 38.7 cm³/mol. The Hall–Kier alpha value is -1.38. The number of carbonyl (C=O) groups is 1. The summed E-state index contributed by atoms with van der Waals surface area (Å²) in [7, 11) is 0. The molecular weight excluding hydrogens is 142 g/mol. The molecule has 0 saturated heterocycles. The minimum atomic E-state index is -0.339. The first kappa shape index (κ1) is 6.34. The zero-order valence-corrected chi connectivity index (χ0v) is 6.07. The average molecular weight is 149 g/mol. The van der Waals surface area contributed by atoms with Gasteiger partial charge in [-0.3, -0.25) is 9.78 Å². The van der Waals surface area contributed by atoms with Gasteiger partial charge in [0.1, 0.15) is 5.75 Å². The molecule has 2 heterocycles. The van der Waals surface area contributed by atoms with E-state index in [1.807, 2.05) is 0 Å². The largest absolute Gasteiger partial charge is 0.480 e. The topological polar surface area (TPSA) is 39.2 Å². The van der Waals surface area contributed by atoms with Gasteiger partial charge in [-0.15, -0.1) is 0 Å². The van der Waals surface area contributed by atoms with Crippen LogP contribution in [-0.2, 0) is 0 Å². The van der Waals surface area contributed by atoms with Crippen LogP contribution in [0.25, 0.3) is 0 Å². The first-order chi connectivity index (χ1) is 5.29. The number of hydrogen-bond acceptors (Lipinski definition) is 3. The highest BCUT2D eigenvalue weighted by molar-refractivity contribution is 6.04. The van der Waals surface area contributed by atoms with E-state index in [0.717, 1.165) is 0 Å². The van der Waals surface area contributed by atoms with E-state index in [4.69, 9.17) is 4.74 Å². The second-order valence-corrected chi connectivity index (χ2v) is 2.50. The van der Waals surface area contributed by atoms with Gasteiger partial charge in [0.2, 0.25) is 5.78 Å². The van der Waals surface area contributed by atoms with Crippen molar-refractivity contribution in [2.24, 2.45) is 0 Å². The zero-order chi connectivity index (χ0) is 7.84. The molecule has 0 amide bonds. The van der Waals surface area contributed by atoms with Gasteiger partial charge >= 0.3 is 0 Å². The van der Waals surface area contributed by atoms with Crippen LogP contribution in [0.1, 0.15) is 17.3 Å². The lowest BCUT2D eigenvalue weighted by molar-refractivity contribution is 0.0878. The van der Waals surface area contributed by atoms with Crippen LogP contribution >= 0.6 is 0 Å². The third kappa shape index (κ3) is 0.808. The number of hydrogen-bond donors (Lipinski definition) is 0. The van der Waals surface area contributed by atoms with E-state index in [-0.39, 0.29) is 11.9 Å². The number of ether oxygens (including phenoxy) is 1. The molecule has 3 nitrogen and oxygen atoms in total. The van der Waals surface area contributed by atoms with E-state index in [2.05, 4.69) is 4.98 Å². The van der Waals surface area contributed by atoms with Crippen molar-refractivity contribution in [1.29, 1.82) is 0 Å². The Balaban J connectivity index is 2.55. The number of carbonyl (C=O) groups excluding carboxylic acids is 1. The van der Waals surface area contributed by atoms with Gasteiger partial charge in [-0.1, -0.05) is 0 Å². The molecule has 0 N–H and O–H groups in total. The fraction of sp³-hybridized carbons (Fsp3) is 0.250. The van der Waals surface area contributed by atoms with Gasteiger partial charge in [0, 0.05) is 6.20 Å². The van der Waals surface area contributed by atoms with Gasteiger partial charge in [-0.2, -0.15) is 0 Å². The number of nitrogens with zero attached hydrogens (tertiary/aromatic N) is 1. The zero-order valence-electron chi connectivity index (χ0n) is 6.07.